The summed E-state index contributed by atoms with van der Waals surface area (Å²) in [6.07, 6.45) is 4.99. The number of anilines is 1. The molecule has 0 aliphatic rings. The Kier molecular flexibility index (Phi) is 6.52. The zero-order valence-corrected chi connectivity index (χ0v) is 17.7. The Hall–Kier alpha value is -4.04. The van der Waals surface area contributed by atoms with Gasteiger partial charge < -0.3 is 20.4 Å². The predicted molar refractivity (Wildman–Crippen MR) is 121 cm³/mol. The summed E-state index contributed by atoms with van der Waals surface area (Å²) in [6.45, 7) is 0.694. The fraction of sp³-hybridized carbons (Fsp3) is 0.0870. The number of carbonyl (C=O) groups excluding carboxylic acids is 2. The van der Waals surface area contributed by atoms with Gasteiger partial charge in [-0.25, -0.2) is 9.48 Å². The Morgan fingerprint density at radius 2 is 1.66 bits per heavy atom. The molecule has 32 heavy (non-hydrogen) atoms. The van der Waals surface area contributed by atoms with Crippen molar-refractivity contribution < 1.29 is 14.0 Å². The van der Waals surface area contributed by atoms with Gasteiger partial charge in [0.15, 0.2) is 5.76 Å². The Morgan fingerprint density at radius 1 is 0.938 bits per heavy atom. The van der Waals surface area contributed by atoms with E-state index in [4.69, 9.17) is 16.0 Å². The van der Waals surface area contributed by atoms with Crippen molar-refractivity contribution in [3.05, 3.63) is 101 Å². The summed E-state index contributed by atoms with van der Waals surface area (Å²) < 4.78 is 6.78. The van der Waals surface area contributed by atoms with Gasteiger partial charge in [0.25, 0.3) is 5.91 Å². The maximum absolute atomic E-state index is 12.1. The van der Waals surface area contributed by atoms with E-state index >= 15 is 0 Å². The van der Waals surface area contributed by atoms with Crippen molar-refractivity contribution in [2.45, 2.75) is 13.1 Å². The molecule has 0 unspecified atom stereocenters. The van der Waals surface area contributed by atoms with Crippen LogP contribution in [0.15, 0.2) is 83.7 Å². The quantitative estimate of drug-likeness (QED) is 0.390. The molecule has 0 aliphatic carbocycles. The lowest BCUT2D eigenvalue weighted by Crippen LogP contribution is -2.34. The van der Waals surface area contributed by atoms with Crippen molar-refractivity contribution in [3.63, 3.8) is 0 Å². The smallest absolute Gasteiger partial charge is 0.315 e. The molecule has 0 aliphatic heterocycles. The van der Waals surface area contributed by atoms with Crippen LogP contribution in [0.5, 0.6) is 0 Å². The van der Waals surface area contributed by atoms with Crippen LogP contribution in [0, 0.1) is 0 Å². The van der Waals surface area contributed by atoms with Crippen molar-refractivity contribution in [2.24, 2.45) is 0 Å². The molecule has 3 amide bonds. The molecule has 0 fully saturated rings. The molecule has 0 atom stereocenters. The van der Waals surface area contributed by atoms with E-state index in [1.807, 2.05) is 30.5 Å². The van der Waals surface area contributed by atoms with Gasteiger partial charge >= 0.3 is 6.03 Å². The van der Waals surface area contributed by atoms with Gasteiger partial charge in [-0.15, -0.1) is 0 Å². The van der Waals surface area contributed by atoms with Crippen molar-refractivity contribution >= 4 is 29.2 Å². The Bertz CT molecular complexity index is 1190. The monoisotopic (exact) mass is 449 g/mol. The highest BCUT2D eigenvalue weighted by Crippen LogP contribution is 2.14. The lowest BCUT2D eigenvalue weighted by Gasteiger charge is -2.08. The van der Waals surface area contributed by atoms with Crippen molar-refractivity contribution in [1.82, 2.24) is 20.4 Å². The molecule has 9 heteroatoms. The van der Waals surface area contributed by atoms with Crippen LogP contribution in [0.4, 0.5) is 10.5 Å². The molecule has 0 saturated carbocycles. The van der Waals surface area contributed by atoms with Crippen LogP contribution in [0.2, 0.25) is 5.02 Å². The number of hydrogen-bond acceptors (Lipinski definition) is 4. The number of nitrogens with zero attached hydrogens (tertiary/aromatic N) is 2. The van der Waals surface area contributed by atoms with E-state index in [1.54, 1.807) is 47.3 Å². The van der Waals surface area contributed by atoms with E-state index in [2.05, 4.69) is 21.0 Å². The first-order valence-electron chi connectivity index (χ1n) is 9.82. The van der Waals surface area contributed by atoms with Gasteiger partial charge in [0, 0.05) is 35.6 Å². The first-order valence-corrected chi connectivity index (χ1v) is 10.2. The number of rotatable bonds is 7. The summed E-state index contributed by atoms with van der Waals surface area (Å²) in [4.78, 5) is 24.1. The number of halogens is 1. The summed E-state index contributed by atoms with van der Waals surface area (Å²) >= 11 is 5.91. The van der Waals surface area contributed by atoms with Crippen molar-refractivity contribution in [1.29, 1.82) is 0 Å². The predicted octanol–water partition coefficient (Wildman–Crippen LogP) is 4.37. The van der Waals surface area contributed by atoms with Gasteiger partial charge in [0.05, 0.1) is 18.1 Å². The van der Waals surface area contributed by atoms with Gasteiger partial charge in [0.1, 0.15) is 0 Å². The highest BCUT2D eigenvalue weighted by molar-refractivity contribution is 6.30. The zero-order valence-electron chi connectivity index (χ0n) is 16.9. The van der Waals surface area contributed by atoms with E-state index in [9.17, 15) is 9.59 Å². The van der Waals surface area contributed by atoms with E-state index in [0.29, 0.717) is 23.8 Å². The highest BCUT2D eigenvalue weighted by atomic mass is 35.5. The van der Waals surface area contributed by atoms with Gasteiger partial charge in [-0.3, -0.25) is 4.79 Å². The fourth-order valence-electron chi connectivity index (χ4n) is 2.92. The van der Waals surface area contributed by atoms with E-state index in [-0.39, 0.29) is 17.7 Å². The van der Waals surface area contributed by atoms with Crippen LogP contribution in [0.3, 0.4) is 0 Å². The summed E-state index contributed by atoms with van der Waals surface area (Å²) in [5, 5.41) is 13.3. The van der Waals surface area contributed by atoms with Crippen LogP contribution in [0.1, 0.15) is 21.7 Å². The molecule has 0 spiro atoms. The molecule has 8 nitrogen and oxygen atoms in total. The molecule has 162 valence electrons. The Morgan fingerprint density at radius 3 is 2.34 bits per heavy atom. The van der Waals surface area contributed by atoms with Crippen molar-refractivity contribution in [3.8, 4) is 5.69 Å². The molecular formula is C23H20ClN5O3. The largest absolute Gasteiger partial charge is 0.459 e. The van der Waals surface area contributed by atoms with Crippen LogP contribution in [0.25, 0.3) is 5.69 Å². The molecule has 0 saturated heterocycles. The molecular weight excluding hydrogens is 430 g/mol. The first kappa shape index (κ1) is 21.2. The number of benzene rings is 2. The average Bonchev–Trinajstić information content (AvgIpc) is 3.50. The van der Waals surface area contributed by atoms with E-state index < -0.39 is 0 Å². The van der Waals surface area contributed by atoms with Crippen LogP contribution < -0.4 is 16.0 Å². The highest BCUT2D eigenvalue weighted by Gasteiger charge is 2.09. The number of aromatic nitrogens is 2. The first-order chi connectivity index (χ1) is 15.6. The number of nitrogens with one attached hydrogen (secondary N) is 3. The fourth-order valence-corrected chi connectivity index (χ4v) is 3.05. The van der Waals surface area contributed by atoms with Gasteiger partial charge in [0.2, 0.25) is 0 Å². The van der Waals surface area contributed by atoms with Gasteiger partial charge in [-0.2, -0.15) is 5.10 Å². The molecule has 0 bridgehead atoms. The van der Waals surface area contributed by atoms with Gasteiger partial charge in [-0.05, 0) is 54.1 Å². The third-order valence-electron chi connectivity index (χ3n) is 4.59. The minimum absolute atomic E-state index is 0.242. The summed E-state index contributed by atoms with van der Waals surface area (Å²) in [6, 6.07) is 17.5. The molecule has 0 radical (unpaired) electrons. The van der Waals surface area contributed by atoms with Crippen LogP contribution >= 0.6 is 11.6 Å². The molecule has 3 N–H and O–H groups in total. The SMILES string of the molecule is O=C(NCc1ccc(NC(=O)c2ccco2)cc1)NCc1cnn(-c2ccc(Cl)cc2)c1. The summed E-state index contributed by atoms with van der Waals surface area (Å²) in [7, 11) is 0. The standard InChI is InChI=1S/C23H20ClN5O3/c24-18-5-9-20(10-6-18)29-15-17(14-27-29)13-26-23(31)25-12-16-3-7-19(8-4-16)28-22(30)21-2-1-11-32-21/h1-11,14-15H,12-13H2,(H,28,30)(H2,25,26,31). The van der Waals surface area contributed by atoms with Crippen LogP contribution in [-0.4, -0.2) is 21.7 Å². The number of furan rings is 1. The third kappa shape index (κ3) is 5.55. The molecule has 4 aromatic rings. The second-order valence-electron chi connectivity index (χ2n) is 6.93. The second-order valence-corrected chi connectivity index (χ2v) is 7.37. The minimum Gasteiger partial charge on any atom is -0.459 e. The second kappa shape index (κ2) is 9.84. The Balaban J connectivity index is 1.22. The maximum atomic E-state index is 12.1. The Labute approximate surface area is 189 Å². The zero-order chi connectivity index (χ0) is 22.3. The van der Waals surface area contributed by atoms with E-state index in [1.165, 1.54) is 6.26 Å². The topological polar surface area (TPSA) is 101 Å². The van der Waals surface area contributed by atoms with E-state index in [0.717, 1.165) is 16.8 Å². The lowest BCUT2D eigenvalue weighted by molar-refractivity contribution is 0.0996. The third-order valence-corrected chi connectivity index (χ3v) is 4.84. The average molecular weight is 450 g/mol. The van der Waals surface area contributed by atoms with Crippen LogP contribution in [-0.2, 0) is 13.1 Å². The number of hydrogen-bond donors (Lipinski definition) is 3. The summed E-state index contributed by atoms with van der Waals surface area (Å²) in [5.41, 5.74) is 3.28. The maximum Gasteiger partial charge on any atom is 0.315 e. The van der Waals surface area contributed by atoms with Crippen molar-refractivity contribution in [2.75, 3.05) is 5.32 Å². The number of amides is 3. The van der Waals surface area contributed by atoms with Gasteiger partial charge in [-0.1, -0.05) is 23.7 Å². The molecule has 2 aromatic heterocycles. The lowest BCUT2D eigenvalue weighted by atomic mass is 10.2. The molecule has 4 rings (SSSR count). The molecule has 2 heterocycles. The molecule has 2 aromatic carbocycles. The minimum atomic E-state index is -0.320. The normalized spacial score (nSPS) is 10.5. The number of urea groups is 1. The summed E-state index contributed by atoms with van der Waals surface area (Å²) in [5.74, 6) is -0.0780. The number of carbonyl (C=O) groups is 2.